The van der Waals surface area contributed by atoms with Gasteiger partial charge in [-0.1, -0.05) is 24.3 Å². The number of carbonyl (C=O) groups is 1. The van der Waals surface area contributed by atoms with Crippen LogP contribution in [0.15, 0.2) is 46.9 Å². The van der Waals surface area contributed by atoms with Crippen LogP contribution in [0.3, 0.4) is 0 Å². The Hall–Kier alpha value is -2.69. The van der Waals surface area contributed by atoms with E-state index >= 15 is 0 Å². The van der Waals surface area contributed by atoms with Crippen LogP contribution in [-0.4, -0.2) is 5.91 Å². The molecular formula is C18H15F2NO2. The zero-order chi connectivity index (χ0) is 16.6. The molecular weight excluding hydrogens is 300 g/mol. The number of hydrogen-bond donors (Lipinski definition) is 1. The molecule has 3 rings (SSSR count). The average molecular weight is 315 g/mol. The van der Waals surface area contributed by atoms with E-state index in [1.54, 1.807) is 19.9 Å². The van der Waals surface area contributed by atoms with Gasteiger partial charge in [-0.05, 0) is 26.0 Å². The summed E-state index contributed by atoms with van der Waals surface area (Å²) >= 11 is 0. The first-order valence-electron chi connectivity index (χ1n) is 7.21. The van der Waals surface area contributed by atoms with Crippen LogP contribution in [0, 0.1) is 18.6 Å². The van der Waals surface area contributed by atoms with E-state index in [2.05, 4.69) is 5.32 Å². The molecule has 1 N–H and O–H groups in total. The number of furan rings is 1. The molecule has 0 bridgehead atoms. The van der Waals surface area contributed by atoms with E-state index in [-0.39, 0.29) is 11.3 Å². The Morgan fingerprint density at radius 2 is 1.91 bits per heavy atom. The number of fused-ring (bicyclic) bond motifs is 1. The van der Waals surface area contributed by atoms with Crippen molar-refractivity contribution in [1.82, 2.24) is 5.32 Å². The highest BCUT2D eigenvalue weighted by atomic mass is 19.1. The van der Waals surface area contributed by atoms with Gasteiger partial charge >= 0.3 is 0 Å². The Morgan fingerprint density at radius 1 is 1.17 bits per heavy atom. The Bertz CT molecular complexity index is 886. The molecule has 2 aromatic carbocycles. The first-order chi connectivity index (χ1) is 11.0. The average Bonchev–Trinajstić information content (AvgIpc) is 2.85. The van der Waals surface area contributed by atoms with Crippen molar-refractivity contribution in [2.75, 3.05) is 0 Å². The molecule has 1 heterocycles. The number of rotatable bonds is 3. The predicted octanol–water partition coefficient (Wildman–Crippen LogP) is 4.51. The number of halogens is 2. The highest BCUT2D eigenvalue weighted by Gasteiger charge is 2.20. The second-order valence-corrected chi connectivity index (χ2v) is 5.41. The van der Waals surface area contributed by atoms with Crippen molar-refractivity contribution in [1.29, 1.82) is 0 Å². The molecule has 0 spiro atoms. The summed E-state index contributed by atoms with van der Waals surface area (Å²) in [5.74, 6) is -1.59. The van der Waals surface area contributed by atoms with Gasteiger partial charge in [-0.2, -0.15) is 0 Å². The lowest BCUT2D eigenvalue weighted by Gasteiger charge is -2.14. The lowest BCUT2D eigenvalue weighted by molar-refractivity contribution is 0.0912. The van der Waals surface area contributed by atoms with Crippen LogP contribution < -0.4 is 5.32 Å². The first-order valence-corrected chi connectivity index (χ1v) is 7.21. The molecule has 3 nitrogen and oxygen atoms in total. The number of benzene rings is 2. The SMILES string of the molecule is Cc1c(C(=O)N[C@H](C)c2ccc(F)cc2F)oc2ccccc12. The van der Waals surface area contributed by atoms with Crippen molar-refractivity contribution in [2.24, 2.45) is 0 Å². The Balaban J connectivity index is 1.86. The predicted molar refractivity (Wildman–Crippen MR) is 83.2 cm³/mol. The molecule has 118 valence electrons. The fourth-order valence-corrected chi connectivity index (χ4v) is 2.58. The van der Waals surface area contributed by atoms with Gasteiger partial charge in [0.15, 0.2) is 5.76 Å². The third kappa shape index (κ3) is 2.82. The summed E-state index contributed by atoms with van der Waals surface area (Å²) in [4.78, 5) is 12.4. The fraction of sp³-hybridized carbons (Fsp3) is 0.167. The number of hydrogen-bond acceptors (Lipinski definition) is 2. The second kappa shape index (κ2) is 5.83. The summed E-state index contributed by atoms with van der Waals surface area (Å²) in [7, 11) is 0. The molecule has 1 amide bonds. The molecule has 0 unspecified atom stereocenters. The van der Waals surface area contributed by atoms with Crippen LogP contribution in [0.4, 0.5) is 8.78 Å². The minimum Gasteiger partial charge on any atom is -0.451 e. The van der Waals surface area contributed by atoms with Gasteiger partial charge in [-0.15, -0.1) is 0 Å². The largest absolute Gasteiger partial charge is 0.451 e. The van der Waals surface area contributed by atoms with Gasteiger partial charge in [0.25, 0.3) is 5.91 Å². The lowest BCUT2D eigenvalue weighted by Crippen LogP contribution is -2.27. The molecule has 0 fully saturated rings. The van der Waals surface area contributed by atoms with E-state index < -0.39 is 23.6 Å². The van der Waals surface area contributed by atoms with Gasteiger partial charge in [0.05, 0.1) is 6.04 Å². The fourth-order valence-electron chi connectivity index (χ4n) is 2.58. The molecule has 3 aromatic rings. The maximum absolute atomic E-state index is 13.8. The molecule has 0 saturated carbocycles. The maximum atomic E-state index is 13.8. The normalized spacial score (nSPS) is 12.3. The van der Waals surface area contributed by atoms with Crippen molar-refractivity contribution in [3.63, 3.8) is 0 Å². The minimum absolute atomic E-state index is 0.195. The van der Waals surface area contributed by atoms with Crippen LogP contribution in [0.1, 0.15) is 34.6 Å². The molecule has 0 radical (unpaired) electrons. The van der Waals surface area contributed by atoms with Gasteiger partial charge < -0.3 is 9.73 Å². The Morgan fingerprint density at radius 3 is 2.61 bits per heavy atom. The van der Waals surface area contributed by atoms with Gasteiger partial charge in [0.2, 0.25) is 0 Å². The van der Waals surface area contributed by atoms with Gasteiger partial charge in [-0.3, -0.25) is 4.79 Å². The van der Waals surface area contributed by atoms with E-state index in [9.17, 15) is 13.6 Å². The highest BCUT2D eigenvalue weighted by Crippen LogP contribution is 2.26. The molecule has 1 aromatic heterocycles. The topological polar surface area (TPSA) is 42.2 Å². The van der Waals surface area contributed by atoms with Crippen molar-refractivity contribution >= 4 is 16.9 Å². The monoisotopic (exact) mass is 315 g/mol. The lowest BCUT2D eigenvalue weighted by atomic mass is 10.1. The van der Waals surface area contributed by atoms with E-state index in [0.29, 0.717) is 5.58 Å². The number of para-hydroxylation sites is 1. The van der Waals surface area contributed by atoms with Crippen LogP contribution in [-0.2, 0) is 0 Å². The maximum Gasteiger partial charge on any atom is 0.287 e. The highest BCUT2D eigenvalue weighted by molar-refractivity contribution is 5.99. The van der Waals surface area contributed by atoms with Crippen LogP contribution in [0.2, 0.25) is 0 Å². The summed E-state index contributed by atoms with van der Waals surface area (Å²) in [6.07, 6.45) is 0. The molecule has 0 aliphatic heterocycles. The first kappa shape index (κ1) is 15.2. The summed E-state index contributed by atoms with van der Waals surface area (Å²) in [6, 6.07) is 10.00. The third-order valence-electron chi connectivity index (χ3n) is 3.83. The number of aryl methyl sites for hydroxylation is 1. The van der Waals surface area contributed by atoms with Gasteiger partial charge in [-0.25, -0.2) is 8.78 Å². The van der Waals surface area contributed by atoms with Crippen molar-refractivity contribution in [2.45, 2.75) is 19.9 Å². The van der Waals surface area contributed by atoms with E-state index in [1.807, 2.05) is 18.2 Å². The smallest absolute Gasteiger partial charge is 0.287 e. The molecule has 5 heteroatoms. The van der Waals surface area contributed by atoms with Crippen molar-refractivity contribution in [3.8, 4) is 0 Å². The second-order valence-electron chi connectivity index (χ2n) is 5.41. The summed E-state index contributed by atoms with van der Waals surface area (Å²) < 4.78 is 32.3. The molecule has 0 aliphatic carbocycles. The zero-order valence-corrected chi connectivity index (χ0v) is 12.7. The Kier molecular flexibility index (Phi) is 3.86. The standard InChI is InChI=1S/C18H15F2NO2/c1-10-13-5-3-4-6-16(13)23-17(10)18(22)21-11(2)14-8-7-12(19)9-15(14)20/h3-9,11H,1-2H3,(H,21,22)/t11-/m1/s1. The van der Waals surface area contributed by atoms with Gasteiger partial charge in [0, 0.05) is 22.6 Å². The molecule has 0 saturated heterocycles. The molecule has 1 atom stereocenters. The van der Waals surface area contributed by atoms with Crippen LogP contribution in [0.5, 0.6) is 0 Å². The van der Waals surface area contributed by atoms with E-state index in [0.717, 1.165) is 23.1 Å². The van der Waals surface area contributed by atoms with E-state index in [1.165, 1.54) is 6.07 Å². The van der Waals surface area contributed by atoms with Crippen molar-refractivity contribution in [3.05, 3.63) is 71.0 Å². The zero-order valence-electron chi connectivity index (χ0n) is 12.7. The number of carbonyl (C=O) groups excluding carboxylic acids is 1. The Labute approximate surface area is 131 Å². The quantitative estimate of drug-likeness (QED) is 0.772. The van der Waals surface area contributed by atoms with Crippen molar-refractivity contribution < 1.29 is 18.0 Å². The molecule has 0 aliphatic rings. The number of nitrogens with one attached hydrogen (secondary N) is 1. The summed E-state index contributed by atoms with van der Waals surface area (Å²) in [5, 5.41) is 3.54. The number of amides is 1. The van der Waals surface area contributed by atoms with Crippen LogP contribution in [0.25, 0.3) is 11.0 Å². The minimum atomic E-state index is -0.695. The van der Waals surface area contributed by atoms with Crippen LogP contribution >= 0.6 is 0 Å². The summed E-state index contributed by atoms with van der Waals surface area (Å²) in [6.45, 7) is 3.43. The summed E-state index contributed by atoms with van der Waals surface area (Å²) in [5.41, 5.74) is 1.56. The third-order valence-corrected chi connectivity index (χ3v) is 3.83. The van der Waals surface area contributed by atoms with Gasteiger partial charge in [0.1, 0.15) is 17.2 Å². The van der Waals surface area contributed by atoms with E-state index in [4.69, 9.17) is 4.42 Å². The molecule has 23 heavy (non-hydrogen) atoms.